The number of nitrogens with one attached hydrogen (secondary N) is 1. The number of fused-ring (bicyclic) bond motifs is 1. The summed E-state index contributed by atoms with van der Waals surface area (Å²) >= 11 is 0. The molecule has 6 nitrogen and oxygen atoms in total. The van der Waals surface area contributed by atoms with Crippen molar-refractivity contribution in [1.29, 1.82) is 0 Å². The smallest absolute Gasteiger partial charge is 0.239 e. The third-order valence-corrected chi connectivity index (χ3v) is 5.21. The minimum absolute atomic E-state index is 0.0474. The Morgan fingerprint density at radius 3 is 2.68 bits per heavy atom. The van der Waals surface area contributed by atoms with Gasteiger partial charge in [0.05, 0.1) is 19.7 Å². The molecule has 1 aliphatic heterocycles. The minimum atomic E-state index is -0.374. The van der Waals surface area contributed by atoms with Gasteiger partial charge in [0, 0.05) is 24.8 Å². The molecule has 1 N–H and O–H groups in total. The minimum Gasteiger partial charge on any atom is -0.497 e. The summed E-state index contributed by atoms with van der Waals surface area (Å²) in [5, 5.41) is 2.85. The molecule has 0 fully saturated rings. The topological polar surface area (TPSA) is 61.9 Å². The zero-order valence-corrected chi connectivity index (χ0v) is 16.6. The van der Waals surface area contributed by atoms with Crippen LogP contribution in [0.4, 0.5) is 5.69 Å². The first-order valence-electron chi connectivity index (χ1n) is 9.47. The van der Waals surface area contributed by atoms with Gasteiger partial charge in [-0.15, -0.1) is 0 Å². The van der Waals surface area contributed by atoms with E-state index < -0.39 is 0 Å². The number of likely N-dealkylation sites (N-methyl/N-ethyl adjacent to an activating group) is 1. The molecule has 0 saturated heterocycles. The first-order valence-corrected chi connectivity index (χ1v) is 9.47. The Morgan fingerprint density at radius 1 is 1.18 bits per heavy atom. The van der Waals surface area contributed by atoms with Gasteiger partial charge < -0.3 is 15.0 Å². The number of ether oxygens (including phenoxy) is 1. The van der Waals surface area contributed by atoms with Crippen molar-refractivity contribution < 1.29 is 14.3 Å². The number of anilines is 1. The zero-order chi connectivity index (χ0) is 20.1. The highest BCUT2D eigenvalue weighted by Crippen LogP contribution is 2.20. The van der Waals surface area contributed by atoms with Crippen molar-refractivity contribution in [1.82, 2.24) is 9.80 Å². The monoisotopic (exact) mass is 381 g/mol. The third-order valence-electron chi connectivity index (χ3n) is 5.21. The molecule has 0 radical (unpaired) electrons. The zero-order valence-electron chi connectivity index (χ0n) is 16.6. The van der Waals surface area contributed by atoms with Crippen molar-refractivity contribution in [3.05, 3.63) is 59.7 Å². The van der Waals surface area contributed by atoms with E-state index in [2.05, 4.69) is 17.4 Å². The average molecular weight is 381 g/mol. The lowest BCUT2D eigenvalue weighted by Crippen LogP contribution is -2.49. The standard InChI is InChI=1S/C22H27N3O3/c1-16(22(27)25-12-11-17-7-4-5-8-18(17)14-25)24(2)15-21(26)23-19-9-6-10-20(13-19)28-3/h4-10,13,16H,11-12,14-15H2,1-3H3,(H,23,26)/t16-/m1/s1. The second-order valence-electron chi connectivity index (χ2n) is 7.15. The van der Waals surface area contributed by atoms with Crippen molar-refractivity contribution in [2.45, 2.75) is 25.9 Å². The quantitative estimate of drug-likeness (QED) is 0.835. The number of amides is 2. The lowest BCUT2D eigenvalue weighted by atomic mass is 9.99. The van der Waals surface area contributed by atoms with Crippen LogP contribution in [0.1, 0.15) is 18.1 Å². The number of carbonyl (C=O) groups excluding carboxylic acids is 2. The van der Waals surface area contributed by atoms with Crippen LogP contribution >= 0.6 is 0 Å². The van der Waals surface area contributed by atoms with Crippen molar-refractivity contribution in [2.24, 2.45) is 0 Å². The number of benzene rings is 2. The summed E-state index contributed by atoms with van der Waals surface area (Å²) in [7, 11) is 3.38. The maximum absolute atomic E-state index is 12.9. The highest BCUT2D eigenvalue weighted by Gasteiger charge is 2.27. The Balaban J connectivity index is 1.55. The van der Waals surface area contributed by atoms with Crippen LogP contribution in [-0.4, -0.2) is 54.9 Å². The molecule has 2 aromatic rings. The molecule has 1 aliphatic rings. The average Bonchev–Trinajstić information content (AvgIpc) is 2.72. The Bertz CT molecular complexity index is 852. The lowest BCUT2D eigenvalue weighted by molar-refractivity contribution is -0.137. The predicted octanol–water partition coefficient (Wildman–Crippen LogP) is 2.54. The summed E-state index contributed by atoms with van der Waals surface area (Å²) in [5.74, 6) is 0.561. The van der Waals surface area contributed by atoms with Crippen molar-refractivity contribution in [3.63, 3.8) is 0 Å². The molecule has 0 spiro atoms. The number of hydrogen-bond acceptors (Lipinski definition) is 4. The van der Waals surface area contributed by atoms with Gasteiger partial charge in [0.15, 0.2) is 0 Å². The number of methoxy groups -OCH3 is 1. The molecular formula is C22H27N3O3. The van der Waals surface area contributed by atoms with Crippen LogP contribution in [0.5, 0.6) is 5.75 Å². The first-order chi connectivity index (χ1) is 13.5. The summed E-state index contributed by atoms with van der Waals surface area (Å²) in [6.07, 6.45) is 0.870. The SMILES string of the molecule is COc1cccc(NC(=O)CN(C)[C@H](C)C(=O)N2CCc3ccccc3C2)c1. The van der Waals surface area contributed by atoms with Crippen LogP contribution in [0.15, 0.2) is 48.5 Å². The van der Waals surface area contributed by atoms with Gasteiger partial charge in [-0.25, -0.2) is 0 Å². The van der Waals surface area contributed by atoms with Gasteiger partial charge >= 0.3 is 0 Å². The number of hydrogen-bond donors (Lipinski definition) is 1. The maximum Gasteiger partial charge on any atom is 0.239 e. The van der Waals surface area contributed by atoms with Gasteiger partial charge in [-0.1, -0.05) is 30.3 Å². The van der Waals surface area contributed by atoms with Crippen LogP contribution < -0.4 is 10.1 Å². The molecule has 3 rings (SSSR count). The molecule has 28 heavy (non-hydrogen) atoms. The van der Waals surface area contributed by atoms with E-state index in [0.29, 0.717) is 24.5 Å². The normalized spacial score (nSPS) is 14.4. The van der Waals surface area contributed by atoms with Crippen LogP contribution in [-0.2, 0) is 22.6 Å². The second kappa shape index (κ2) is 8.89. The second-order valence-corrected chi connectivity index (χ2v) is 7.15. The fourth-order valence-corrected chi connectivity index (χ4v) is 3.40. The van der Waals surface area contributed by atoms with Crippen LogP contribution in [0, 0.1) is 0 Å². The molecule has 6 heteroatoms. The molecule has 0 unspecified atom stereocenters. The third kappa shape index (κ3) is 4.70. The van der Waals surface area contributed by atoms with Gasteiger partial charge in [-0.3, -0.25) is 14.5 Å². The molecule has 148 valence electrons. The van der Waals surface area contributed by atoms with Crippen LogP contribution in [0.3, 0.4) is 0 Å². The Morgan fingerprint density at radius 2 is 1.93 bits per heavy atom. The summed E-state index contributed by atoms with van der Waals surface area (Å²) < 4.78 is 5.17. The Hall–Kier alpha value is -2.86. The van der Waals surface area contributed by atoms with Gasteiger partial charge in [-0.2, -0.15) is 0 Å². The summed E-state index contributed by atoms with van der Waals surface area (Å²) in [6, 6.07) is 15.1. The molecule has 2 aromatic carbocycles. The van der Waals surface area contributed by atoms with E-state index in [1.165, 1.54) is 11.1 Å². The van der Waals surface area contributed by atoms with Crippen molar-refractivity contribution in [2.75, 3.05) is 32.6 Å². The Kier molecular flexibility index (Phi) is 6.31. The fraction of sp³-hybridized carbons (Fsp3) is 0.364. The summed E-state index contributed by atoms with van der Waals surface area (Å²) in [5.41, 5.74) is 3.18. The van der Waals surface area contributed by atoms with Crippen LogP contribution in [0.25, 0.3) is 0 Å². The fourth-order valence-electron chi connectivity index (χ4n) is 3.40. The predicted molar refractivity (Wildman–Crippen MR) is 109 cm³/mol. The molecule has 0 aliphatic carbocycles. The van der Waals surface area contributed by atoms with E-state index in [1.807, 2.05) is 36.1 Å². The largest absolute Gasteiger partial charge is 0.497 e. The molecule has 2 amide bonds. The van der Waals surface area contributed by atoms with Crippen molar-refractivity contribution >= 4 is 17.5 Å². The molecule has 1 atom stereocenters. The lowest BCUT2D eigenvalue weighted by Gasteiger charge is -2.33. The summed E-state index contributed by atoms with van der Waals surface area (Å²) in [6.45, 7) is 3.32. The van der Waals surface area contributed by atoms with E-state index in [1.54, 1.807) is 31.2 Å². The molecule has 0 saturated carbocycles. The highest BCUT2D eigenvalue weighted by molar-refractivity contribution is 5.93. The van der Waals surface area contributed by atoms with E-state index in [9.17, 15) is 9.59 Å². The van der Waals surface area contributed by atoms with E-state index >= 15 is 0 Å². The Labute approximate surface area is 166 Å². The maximum atomic E-state index is 12.9. The van der Waals surface area contributed by atoms with E-state index in [-0.39, 0.29) is 24.4 Å². The number of carbonyl (C=O) groups is 2. The molecule has 0 aromatic heterocycles. The van der Waals surface area contributed by atoms with Gasteiger partial charge in [0.25, 0.3) is 0 Å². The first kappa shape index (κ1) is 19.9. The molecular weight excluding hydrogens is 354 g/mol. The van der Waals surface area contributed by atoms with Crippen LogP contribution in [0.2, 0.25) is 0 Å². The summed E-state index contributed by atoms with van der Waals surface area (Å²) in [4.78, 5) is 28.9. The highest BCUT2D eigenvalue weighted by atomic mass is 16.5. The van der Waals surface area contributed by atoms with Gasteiger partial charge in [0.2, 0.25) is 11.8 Å². The number of rotatable bonds is 6. The van der Waals surface area contributed by atoms with E-state index in [4.69, 9.17) is 4.74 Å². The number of nitrogens with zero attached hydrogens (tertiary/aromatic N) is 2. The van der Waals surface area contributed by atoms with Gasteiger partial charge in [0.1, 0.15) is 5.75 Å². The van der Waals surface area contributed by atoms with Gasteiger partial charge in [-0.05, 0) is 43.7 Å². The van der Waals surface area contributed by atoms with E-state index in [0.717, 1.165) is 6.42 Å². The van der Waals surface area contributed by atoms with Crippen molar-refractivity contribution in [3.8, 4) is 5.75 Å². The molecule has 0 bridgehead atoms. The molecule has 1 heterocycles.